The number of aryl methyl sites for hydroxylation is 1. The molecule has 0 bridgehead atoms. The van der Waals surface area contributed by atoms with E-state index in [0.29, 0.717) is 33.1 Å². The number of sulfonamides is 1. The number of anilines is 2. The fourth-order valence-electron chi connectivity index (χ4n) is 2.87. The average molecular weight is 443 g/mol. The van der Waals surface area contributed by atoms with Gasteiger partial charge in [-0.2, -0.15) is 0 Å². The van der Waals surface area contributed by atoms with Crippen molar-refractivity contribution in [1.82, 2.24) is 0 Å². The summed E-state index contributed by atoms with van der Waals surface area (Å²) in [6, 6.07) is 17.9. The Balaban J connectivity index is 1.89. The van der Waals surface area contributed by atoms with Crippen LogP contribution >= 0.6 is 11.6 Å². The number of hydrogen-bond donors (Lipinski definition) is 2. The zero-order chi connectivity index (χ0) is 21.9. The van der Waals surface area contributed by atoms with Crippen molar-refractivity contribution in [2.75, 3.05) is 16.3 Å². The summed E-state index contributed by atoms with van der Waals surface area (Å²) in [7, 11) is -3.43. The van der Waals surface area contributed by atoms with Crippen LogP contribution in [0.5, 0.6) is 0 Å². The summed E-state index contributed by atoms with van der Waals surface area (Å²) < 4.78 is 25.2. The van der Waals surface area contributed by atoms with Crippen LogP contribution in [0.2, 0.25) is 5.02 Å². The highest BCUT2D eigenvalue weighted by atomic mass is 35.5. The van der Waals surface area contributed by atoms with Crippen LogP contribution in [0.25, 0.3) is 0 Å². The minimum absolute atomic E-state index is 0.266. The molecule has 0 atom stereocenters. The molecule has 3 rings (SSSR count). The molecule has 30 heavy (non-hydrogen) atoms. The molecule has 3 aromatic rings. The van der Waals surface area contributed by atoms with Gasteiger partial charge in [0.05, 0.1) is 17.6 Å². The van der Waals surface area contributed by atoms with Gasteiger partial charge in [0.2, 0.25) is 10.0 Å². The lowest BCUT2D eigenvalue weighted by atomic mass is 10.0. The number of halogens is 1. The highest BCUT2D eigenvalue weighted by Crippen LogP contribution is 2.25. The summed E-state index contributed by atoms with van der Waals surface area (Å²) in [5.74, 6) is -0.703. The Morgan fingerprint density at radius 1 is 0.867 bits per heavy atom. The lowest BCUT2D eigenvalue weighted by molar-refractivity contribution is 0.102. The molecule has 0 fully saturated rings. The van der Waals surface area contributed by atoms with E-state index in [1.807, 2.05) is 6.07 Å². The van der Waals surface area contributed by atoms with Crippen molar-refractivity contribution in [3.05, 3.63) is 94.0 Å². The first kappa shape index (κ1) is 21.5. The van der Waals surface area contributed by atoms with Gasteiger partial charge in [0.1, 0.15) is 0 Å². The Morgan fingerprint density at radius 3 is 2.17 bits per heavy atom. The smallest absolute Gasteiger partial charge is 0.255 e. The van der Waals surface area contributed by atoms with E-state index in [0.717, 1.165) is 6.26 Å². The van der Waals surface area contributed by atoms with E-state index < -0.39 is 15.9 Å². The molecule has 1 amide bonds. The predicted molar refractivity (Wildman–Crippen MR) is 119 cm³/mol. The molecule has 6 nitrogen and oxygen atoms in total. The summed E-state index contributed by atoms with van der Waals surface area (Å²) in [6.07, 6.45) is 1.05. The predicted octanol–water partition coefficient (Wildman–Crippen LogP) is 4.50. The third kappa shape index (κ3) is 5.25. The number of nitrogens with one attached hydrogen (secondary N) is 2. The number of hydrogen-bond acceptors (Lipinski definition) is 4. The maximum absolute atomic E-state index is 12.9. The van der Waals surface area contributed by atoms with Crippen molar-refractivity contribution in [3.8, 4) is 0 Å². The van der Waals surface area contributed by atoms with E-state index in [4.69, 9.17) is 11.6 Å². The maximum Gasteiger partial charge on any atom is 0.255 e. The van der Waals surface area contributed by atoms with Crippen LogP contribution in [0.4, 0.5) is 11.4 Å². The average Bonchev–Trinajstić information content (AvgIpc) is 2.70. The highest BCUT2D eigenvalue weighted by Gasteiger charge is 2.17. The van der Waals surface area contributed by atoms with Crippen molar-refractivity contribution >= 4 is 44.7 Å². The number of benzene rings is 3. The third-order valence-corrected chi connectivity index (χ3v) is 5.12. The Morgan fingerprint density at radius 2 is 1.53 bits per heavy atom. The van der Waals surface area contributed by atoms with E-state index in [9.17, 15) is 18.0 Å². The molecule has 0 heterocycles. The quantitative estimate of drug-likeness (QED) is 0.549. The van der Waals surface area contributed by atoms with Gasteiger partial charge in [0.25, 0.3) is 5.91 Å². The summed E-state index contributed by atoms with van der Waals surface area (Å²) in [4.78, 5) is 25.7. The van der Waals surface area contributed by atoms with E-state index >= 15 is 0 Å². The van der Waals surface area contributed by atoms with Gasteiger partial charge < -0.3 is 5.32 Å². The van der Waals surface area contributed by atoms with Crippen LogP contribution in [0, 0.1) is 6.92 Å². The maximum atomic E-state index is 12.9. The Bertz CT molecular complexity index is 1230. The zero-order valence-electron chi connectivity index (χ0n) is 16.3. The first-order chi connectivity index (χ1) is 14.1. The number of amides is 1. The summed E-state index contributed by atoms with van der Waals surface area (Å²) in [6.45, 7) is 1.69. The molecule has 0 aromatic heterocycles. The van der Waals surface area contributed by atoms with Crippen molar-refractivity contribution in [2.24, 2.45) is 0 Å². The van der Waals surface area contributed by atoms with Crippen molar-refractivity contribution < 1.29 is 18.0 Å². The van der Waals surface area contributed by atoms with Gasteiger partial charge in [-0.25, -0.2) is 8.42 Å². The first-order valence-corrected chi connectivity index (χ1v) is 11.2. The van der Waals surface area contributed by atoms with Crippen molar-refractivity contribution in [3.63, 3.8) is 0 Å². The number of carbonyl (C=O) groups excluding carboxylic acids is 2. The van der Waals surface area contributed by atoms with Gasteiger partial charge in [0.15, 0.2) is 5.78 Å². The molecule has 3 aromatic carbocycles. The van der Waals surface area contributed by atoms with Gasteiger partial charge in [-0.05, 0) is 48.9 Å². The van der Waals surface area contributed by atoms with Crippen LogP contribution in [0.1, 0.15) is 31.8 Å². The molecule has 0 radical (unpaired) electrons. The molecule has 0 spiro atoms. The van der Waals surface area contributed by atoms with Gasteiger partial charge in [-0.3, -0.25) is 14.3 Å². The molecule has 0 unspecified atom stereocenters. The van der Waals surface area contributed by atoms with E-state index in [1.165, 1.54) is 18.2 Å². The summed E-state index contributed by atoms with van der Waals surface area (Å²) in [5.41, 5.74) is 2.37. The molecule has 0 saturated carbocycles. The van der Waals surface area contributed by atoms with Crippen LogP contribution in [-0.4, -0.2) is 26.4 Å². The van der Waals surface area contributed by atoms with Crippen molar-refractivity contribution in [2.45, 2.75) is 6.92 Å². The fraction of sp³-hybridized carbons (Fsp3) is 0.0909. The molecule has 0 aliphatic rings. The summed E-state index contributed by atoms with van der Waals surface area (Å²) in [5, 5.41) is 3.12. The zero-order valence-corrected chi connectivity index (χ0v) is 17.8. The van der Waals surface area contributed by atoms with Gasteiger partial charge in [0, 0.05) is 21.7 Å². The van der Waals surface area contributed by atoms with Crippen LogP contribution in [-0.2, 0) is 10.0 Å². The van der Waals surface area contributed by atoms with Crippen molar-refractivity contribution in [1.29, 1.82) is 0 Å². The number of ketones is 1. The van der Waals surface area contributed by atoms with Gasteiger partial charge in [-0.1, -0.05) is 41.9 Å². The first-order valence-electron chi connectivity index (χ1n) is 8.93. The second kappa shape index (κ2) is 8.69. The molecule has 2 N–H and O–H groups in total. The number of carbonyl (C=O) groups is 2. The Labute approximate surface area is 179 Å². The largest absolute Gasteiger partial charge is 0.321 e. The fourth-order valence-corrected chi connectivity index (χ4v) is 3.67. The molecule has 0 aliphatic carbocycles. The topological polar surface area (TPSA) is 92.3 Å². The molecule has 8 heteroatoms. The Hall–Kier alpha value is -3.16. The van der Waals surface area contributed by atoms with Crippen LogP contribution < -0.4 is 10.0 Å². The van der Waals surface area contributed by atoms with E-state index in [2.05, 4.69) is 10.0 Å². The molecule has 0 saturated heterocycles. The molecular weight excluding hydrogens is 424 g/mol. The molecule has 154 valence electrons. The number of rotatable bonds is 6. The minimum Gasteiger partial charge on any atom is -0.321 e. The van der Waals surface area contributed by atoms with Crippen LogP contribution in [0.3, 0.4) is 0 Å². The summed E-state index contributed by atoms with van der Waals surface area (Å²) >= 11 is 6.07. The lowest BCUT2D eigenvalue weighted by Crippen LogP contribution is -2.16. The van der Waals surface area contributed by atoms with Gasteiger partial charge in [-0.15, -0.1) is 0 Å². The van der Waals surface area contributed by atoms with E-state index in [1.54, 1.807) is 49.4 Å². The van der Waals surface area contributed by atoms with Crippen LogP contribution in [0.15, 0.2) is 66.7 Å². The molecule has 0 aliphatic heterocycles. The lowest BCUT2D eigenvalue weighted by Gasteiger charge is -2.13. The minimum atomic E-state index is -3.43. The van der Waals surface area contributed by atoms with Gasteiger partial charge >= 0.3 is 0 Å². The SMILES string of the molecule is Cc1cc(C(=O)Nc2ccc(Cl)cc2C(=O)c2ccccc2)ccc1NS(C)(=O)=O. The monoisotopic (exact) mass is 442 g/mol. The molecular formula is C22H19ClN2O4S. The second-order valence-corrected chi connectivity index (χ2v) is 8.93. The normalized spacial score (nSPS) is 11.0. The Kier molecular flexibility index (Phi) is 6.24. The second-order valence-electron chi connectivity index (χ2n) is 6.74. The third-order valence-electron chi connectivity index (χ3n) is 4.29. The highest BCUT2D eigenvalue weighted by molar-refractivity contribution is 7.92. The standard InChI is InChI=1S/C22H19ClN2O4S/c1-14-12-16(8-10-19(14)25-30(2,28)29)22(27)24-20-11-9-17(23)13-18(20)21(26)15-6-4-3-5-7-15/h3-13,25H,1-2H3,(H,24,27). The van der Waals surface area contributed by atoms with E-state index in [-0.39, 0.29) is 11.3 Å².